The minimum atomic E-state index is 0.00705. The first-order valence-electron chi connectivity index (χ1n) is 9.15. The molecule has 0 spiro atoms. The Kier molecular flexibility index (Phi) is 4.85. The van der Waals surface area contributed by atoms with Gasteiger partial charge in [-0.1, -0.05) is 25.0 Å². The Hall–Kier alpha value is -1.71. The van der Waals surface area contributed by atoms with E-state index in [9.17, 15) is 4.79 Å². The highest BCUT2D eigenvalue weighted by Crippen LogP contribution is 2.34. The number of carbonyl (C=O) groups is 1. The normalized spacial score (nSPS) is 19.9. The molecule has 3 heterocycles. The van der Waals surface area contributed by atoms with Crippen molar-refractivity contribution in [3.8, 4) is 11.4 Å². The summed E-state index contributed by atoms with van der Waals surface area (Å²) in [6, 6.07) is 4.32. The Morgan fingerprint density at radius 2 is 2.15 bits per heavy atom. The van der Waals surface area contributed by atoms with Crippen molar-refractivity contribution < 1.29 is 4.79 Å². The third-order valence-electron chi connectivity index (χ3n) is 5.15. The Balaban J connectivity index is 1.56. The molecule has 1 aliphatic carbocycles. The second-order valence-electron chi connectivity index (χ2n) is 7.19. The maximum absolute atomic E-state index is 12.4. The van der Waals surface area contributed by atoms with E-state index in [1.54, 1.807) is 4.68 Å². The fourth-order valence-electron chi connectivity index (χ4n) is 3.48. The number of amides is 2. The summed E-state index contributed by atoms with van der Waals surface area (Å²) < 4.78 is 2.91. The number of urea groups is 1. The van der Waals surface area contributed by atoms with Crippen molar-refractivity contribution in [3.05, 3.63) is 27.1 Å². The van der Waals surface area contributed by atoms with Crippen LogP contribution in [0.25, 0.3) is 11.4 Å². The molecule has 2 amide bonds. The Morgan fingerprint density at radius 1 is 1.35 bits per heavy atom. The van der Waals surface area contributed by atoms with E-state index in [1.165, 1.54) is 12.8 Å². The average molecular weight is 466 g/mol. The Labute approximate surface area is 166 Å². The van der Waals surface area contributed by atoms with Crippen molar-refractivity contribution in [2.24, 2.45) is 13.0 Å². The highest BCUT2D eigenvalue weighted by molar-refractivity contribution is 14.1. The molecule has 1 saturated carbocycles. The van der Waals surface area contributed by atoms with Gasteiger partial charge in [0.15, 0.2) is 0 Å². The van der Waals surface area contributed by atoms with Crippen LogP contribution in [0.15, 0.2) is 12.1 Å². The predicted octanol–water partition coefficient (Wildman–Crippen LogP) is 2.74. The number of nitrogens with zero attached hydrogens (tertiary/aromatic N) is 5. The largest absolute Gasteiger partial charge is 0.333 e. The van der Waals surface area contributed by atoms with Crippen LogP contribution in [-0.4, -0.2) is 43.5 Å². The second-order valence-corrected chi connectivity index (χ2v) is 8.36. The lowest BCUT2D eigenvalue weighted by Gasteiger charge is -2.15. The number of aromatic nitrogens is 4. The topological polar surface area (TPSA) is 75.9 Å². The molecule has 26 heavy (non-hydrogen) atoms. The van der Waals surface area contributed by atoms with Gasteiger partial charge < -0.3 is 10.2 Å². The van der Waals surface area contributed by atoms with Crippen LogP contribution in [0, 0.1) is 9.49 Å². The SMILES string of the molecule is CCc1nc(-c2nnn(C)c2CN2C[C@H](CC3CC3)NC2=O)ccc1I. The van der Waals surface area contributed by atoms with Crippen LogP contribution in [0.3, 0.4) is 0 Å². The summed E-state index contributed by atoms with van der Waals surface area (Å²) in [5, 5.41) is 11.6. The maximum Gasteiger partial charge on any atom is 0.318 e. The van der Waals surface area contributed by atoms with E-state index in [0.29, 0.717) is 6.54 Å². The number of hydrogen-bond acceptors (Lipinski definition) is 4. The monoisotopic (exact) mass is 466 g/mol. The minimum Gasteiger partial charge on any atom is -0.333 e. The van der Waals surface area contributed by atoms with E-state index >= 15 is 0 Å². The second kappa shape index (κ2) is 7.13. The van der Waals surface area contributed by atoms with Gasteiger partial charge in [0.1, 0.15) is 5.69 Å². The number of nitrogens with one attached hydrogen (secondary N) is 1. The Bertz CT molecular complexity index is 831. The number of rotatable bonds is 6. The molecule has 2 fully saturated rings. The van der Waals surface area contributed by atoms with Crippen LogP contribution in [-0.2, 0) is 20.0 Å². The van der Waals surface area contributed by atoms with Crippen LogP contribution in [0.2, 0.25) is 0 Å². The molecule has 2 aromatic rings. The first kappa shape index (κ1) is 17.7. The molecule has 1 saturated heterocycles. The molecule has 2 aromatic heterocycles. The van der Waals surface area contributed by atoms with Gasteiger partial charge in [-0.05, 0) is 53.5 Å². The molecule has 0 unspecified atom stereocenters. The van der Waals surface area contributed by atoms with E-state index in [1.807, 2.05) is 18.0 Å². The molecule has 138 valence electrons. The lowest BCUT2D eigenvalue weighted by molar-refractivity contribution is 0.214. The summed E-state index contributed by atoms with van der Waals surface area (Å²) in [7, 11) is 1.87. The molecule has 1 N–H and O–H groups in total. The van der Waals surface area contributed by atoms with Gasteiger partial charge in [-0.3, -0.25) is 0 Å². The van der Waals surface area contributed by atoms with Gasteiger partial charge in [-0.2, -0.15) is 0 Å². The molecule has 8 heteroatoms. The number of hydrogen-bond donors (Lipinski definition) is 1. The van der Waals surface area contributed by atoms with Gasteiger partial charge in [0, 0.05) is 23.2 Å². The van der Waals surface area contributed by atoms with E-state index in [4.69, 9.17) is 4.98 Å². The van der Waals surface area contributed by atoms with Crippen molar-refractivity contribution in [1.29, 1.82) is 0 Å². The standard InChI is InChI=1S/C18H23IN6O/c1-3-14-13(19)6-7-15(21-14)17-16(24(2)23-22-17)10-25-9-12(20-18(25)26)8-11-4-5-11/h6-7,11-12H,3-5,8-10H2,1-2H3,(H,20,26)/t12-/m0/s1. The van der Waals surface area contributed by atoms with Crippen LogP contribution >= 0.6 is 22.6 Å². The van der Waals surface area contributed by atoms with E-state index in [-0.39, 0.29) is 12.1 Å². The van der Waals surface area contributed by atoms with Crippen molar-refractivity contribution in [2.45, 2.75) is 45.2 Å². The highest BCUT2D eigenvalue weighted by atomic mass is 127. The molecule has 1 aliphatic heterocycles. The van der Waals surface area contributed by atoms with Crippen molar-refractivity contribution in [3.63, 3.8) is 0 Å². The van der Waals surface area contributed by atoms with Gasteiger partial charge in [-0.15, -0.1) is 5.10 Å². The molecule has 0 aromatic carbocycles. The molecule has 0 radical (unpaired) electrons. The minimum absolute atomic E-state index is 0.00705. The van der Waals surface area contributed by atoms with Crippen molar-refractivity contribution in [1.82, 2.24) is 30.2 Å². The van der Waals surface area contributed by atoms with Crippen LogP contribution < -0.4 is 5.32 Å². The summed E-state index contributed by atoms with van der Waals surface area (Å²) in [6.45, 7) is 3.35. The third kappa shape index (κ3) is 3.56. The fraction of sp³-hybridized carbons (Fsp3) is 0.556. The van der Waals surface area contributed by atoms with E-state index in [0.717, 1.165) is 51.7 Å². The number of pyridine rings is 1. The summed E-state index contributed by atoms with van der Waals surface area (Å²) in [5.74, 6) is 0.803. The van der Waals surface area contributed by atoms with Crippen LogP contribution in [0.4, 0.5) is 4.79 Å². The number of halogens is 1. The van der Waals surface area contributed by atoms with Crippen LogP contribution in [0.5, 0.6) is 0 Å². The summed E-state index contributed by atoms with van der Waals surface area (Å²) in [6.07, 6.45) is 4.58. The van der Waals surface area contributed by atoms with Gasteiger partial charge in [0.2, 0.25) is 0 Å². The van der Waals surface area contributed by atoms with Crippen molar-refractivity contribution in [2.75, 3.05) is 6.54 Å². The van der Waals surface area contributed by atoms with Gasteiger partial charge >= 0.3 is 6.03 Å². The first-order chi connectivity index (χ1) is 12.5. The van der Waals surface area contributed by atoms with E-state index in [2.05, 4.69) is 51.2 Å². The number of carbonyl (C=O) groups excluding carboxylic acids is 1. The molecular weight excluding hydrogens is 443 g/mol. The molecular formula is C18H23IN6O. The van der Waals surface area contributed by atoms with Crippen LogP contribution in [0.1, 0.15) is 37.6 Å². The zero-order chi connectivity index (χ0) is 18.3. The van der Waals surface area contributed by atoms with E-state index < -0.39 is 0 Å². The molecule has 1 atom stereocenters. The lowest BCUT2D eigenvalue weighted by Crippen LogP contribution is -2.29. The first-order valence-corrected chi connectivity index (χ1v) is 10.2. The zero-order valence-electron chi connectivity index (χ0n) is 15.1. The van der Waals surface area contributed by atoms with Crippen molar-refractivity contribution >= 4 is 28.6 Å². The zero-order valence-corrected chi connectivity index (χ0v) is 17.2. The molecule has 2 aliphatic rings. The van der Waals surface area contributed by atoms with Gasteiger partial charge in [0.25, 0.3) is 0 Å². The maximum atomic E-state index is 12.4. The molecule has 0 bridgehead atoms. The third-order valence-corrected chi connectivity index (χ3v) is 6.13. The predicted molar refractivity (Wildman–Crippen MR) is 106 cm³/mol. The lowest BCUT2D eigenvalue weighted by atomic mass is 10.1. The molecule has 7 nitrogen and oxygen atoms in total. The van der Waals surface area contributed by atoms with Gasteiger partial charge in [0.05, 0.1) is 23.6 Å². The summed E-state index contributed by atoms with van der Waals surface area (Å²) in [4.78, 5) is 19.0. The smallest absolute Gasteiger partial charge is 0.318 e. The fourth-order valence-corrected chi connectivity index (χ4v) is 4.17. The quantitative estimate of drug-likeness (QED) is 0.665. The average Bonchev–Trinajstić information content (AvgIpc) is 3.27. The highest BCUT2D eigenvalue weighted by Gasteiger charge is 2.34. The molecule has 4 rings (SSSR count). The number of aryl methyl sites for hydroxylation is 2. The summed E-state index contributed by atoms with van der Waals surface area (Å²) >= 11 is 2.30. The van der Waals surface area contributed by atoms with Gasteiger partial charge in [-0.25, -0.2) is 14.5 Å². The summed E-state index contributed by atoms with van der Waals surface area (Å²) in [5.41, 5.74) is 3.56. The Morgan fingerprint density at radius 3 is 2.88 bits per heavy atom.